The predicted octanol–water partition coefficient (Wildman–Crippen LogP) is 3.49. The largest absolute Gasteiger partial charge is 0.573 e. The van der Waals surface area contributed by atoms with E-state index in [0.29, 0.717) is 22.0 Å². The molecular formula is C15H9F3N2O2. The molecule has 0 unspecified atom stereocenters. The van der Waals surface area contributed by atoms with E-state index >= 15 is 0 Å². The third kappa shape index (κ3) is 2.78. The molecule has 0 amide bonds. The topological polar surface area (TPSA) is 55.0 Å². The molecule has 0 aliphatic rings. The summed E-state index contributed by atoms with van der Waals surface area (Å²) in [4.78, 5) is 11.7. The SMILES string of the molecule is O=c1[nH]nc(-c2ccc(OC(F)(F)F)cc2)c2ccccc12. The van der Waals surface area contributed by atoms with Crippen LogP contribution in [-0.4, -0.2) is 16.6 Å². The molecule has 0 radical (unpaired) electrons. The lowest BCUT2D eigenvalue weighted by Gasteiger charge is -2.09. The number of aromatic nitrogens is 2. The monoisotopic (exact) mass is 306 g/mol. The molecule has 0 aliphatic carbocycles. The summed E-state index contributed by atoms with van der Waals surface area (Å²) in [6, 6.07) is 12.2. The zero-order valence-electron chi connectivity index (χ0n) is 11.0. The smallest absolute Gasteiger partial charge is 0.406 e. The molecule has 4 nitrogen and oxygen atoms in total. The second kappa shape index (κ2) is 5.18. The van der Waals surface area contributed by atoms with E-state index in [-0.39, 0.29) is 11.3 Å². The summed E-state index contributed by atoms with van der Waals surface area (Å²) in [5.41, 5.74) is 0.729. The van der Waals surface area contributed by atoms with Gasteiger partial charge in [-0.1, -0.05) is 18.2 Å². The fourth-order valence-corrected chi connectivity index (χ4v) is 2.15. The maximum absolute atomic E-state index is 12.1. The Morgan fingerprint density at radius 1 is 0.955 bits per heavy atom. The lowest BCUT2D eigenvalue weighted by molar-refractivity contribution is -0.274. The fourth-order valence-electron chi connectivity index (χ4n) is 2.15. The van der Waals surface area contributed by atoms with Crippen molar-refractivity contribution in [3.8, 4) is 17.0 Å². The van der Waals surface area contributed by atoms with Crippen LogP contribution in [0.15, 0.2) is 53.3 Å². The van der Waals surface area contributed by atoms with E-state index in [0.717, 1.165) is 0 Å². The van der Waals surface area contributed by atoms with Crippen molar-refractivity contribution in [2.45, 2.75) is 6.36 Å². The van der Waals surface area contributed by atoms with Crippen molar-refractivity contribution in [2.24, 2.45) is 0 Å². The Morgan fingerprint density at radius 2 is 1.59 bits per heavy atom. The summed E-state index contributed by atoms with van der Waals surface area (Å²) in [5.74, 6) is -0.315. The molecule has 0 saturated carbocycles. The van der Waals surface area contributed by atoms with Crippen molar-refractivity contribution in [1.82, 2.24) is 10.2 Å². The average Bonchev–Trinajstić information content (AvgIpc) is 2.48. The van der Waals surface area contributed by atoms with Gasteiger partial charge in [0.2, 0.25) is 0 Å². The molecule has 112 valence electrons. The van der Waals surface area contributed by atoms with Crippen LogP contribution in [0, 0.1) is 0 Å². The van der Waals surface area contributed by atoms with Crippen molar-refractivity contribution in [3.63, 3.8) is 0 Å². The molecule has 1 N–H and O–H groups in total. The highest BCUT2D eigenvalue weighted by atomic mass is 19.4. The highest BCUT2D eigenvalue weighted by Gasteiger charge is 2.31. The van der Waals surface area contributed by atoms with Crippen LogP contribution in [0.25, 0.3) is 22.0 Å². The van der Waals surface area contributed by atoms with Crippen molar-refractivity contribution < 1.29 is 17.9 Å². The first-order valence-electron chi connectivity index (χ1n) is 6.28. The molecule has 1 aromatic heterocycles. The number of benzene rings is 2. The predicted molar refractivity (Wildman–Crippen MR) is 74.5 cm³/mol. The maximum atomic E-state index is 12.1. The number of nitrogens with zero attached hydrogens (tertiary/aromatic N) is 1. The Bertz CT molecular complexity index is 870. The second-order valence-electron chi connectivity index (χ2n) is 4.52. The standard InChI is InChI=1S/C15H9F3N2O2/c16-15(17,18)22-10-7-5-9(6-8-10)13-11-3-1-2-4-12(11)14(21)20-19-13/h1-8H,(H,20,21). The third-order valence-corrected chi connectivity index (χ3v) is 3.06. The maximum Gasteiger partial charge on any atom is 0.573 e. The lowest BCUT2D eigenvalue weighted by atomic mass is 10.1. The number of nitrogens with one attached hydrogen (secondary N) is 1. The number of hydrogen-bond acceptors (Lipinski definition) is 3. The summed E-state index contributed by atoms with van der Waals surface area (Å²) in [5, 5.41) is 7.44. The Kier molecular flexibility index (Phi) is 3.32. The van der Waals surface area contributed by atoms with E-state index in [1.54, 1.807) is 24.3 Å². The van der Waals surface area contributed by atoms with Crippen LogP contribution in [-0.2, 0) is 0 Å². The van der Waals surface area contributed by atoms with Crippen LogP contribution in [0.3, 0.4) is 0 Å². The van der Waals surface area contributed by atoms with E-state index in [2.05, 4.69) is 14.9 Å². The highest BCUT2D eigenvalue weighted by Crippen LogP contribution is 2.28. The van der Waals surface area contributed by atoms with Gasteiger partial charge in [0.05, 0.1) is 11.1 Å². The molecule has 0 aliphatic heterocycles. The first-order valence-corrected chi connectivity index (χ1v) is 6.28. The summed E-state index contributed by atoms with van der Waals surface area (Å²) in [6.45, 7) is 0. The van der Waals surface area contributed by atoms with Gasteiger partial charge in [-0.15, -0.1) is 13.2 Å². The molecule has 1 heterocycles. The van der Waals surface area contributed by atoms with Crippen LogP contribution in [0.2, 0.25) is 0 Å². The van der Waals surface area contributed by atoms with Gasteiger partial charge in [0.15, 0.2) is 0 Å². The minimum Gasteiger partial charge on any atom is -0.406 e. The van der Waals surface area contributed by atoms with Gasteiger partial charge >= 0.3 is 6.36 Å². The zero-order valence-corrected chi connectivity index (χ0v) is 11.0. The van der Waals surface area contributed by atoms with Crippen LogP contribution in [0.1, 0.15) is 0 Å². The van der Waals surface area contributed by atoms with E-state index in [9.17, 15) is 18.0 Å². The number of hydrogen-bond donors (Lipinski definition) is 1. The summed E-state index contributed by atoms with van der Waals surface area (Å²) >= 11 is 0. The minimum absolute atomic E-state index is 0.315. The molecule has 0 fully saturated rings. The fraction of sp³-hybridized carbons (Fsp3) is 0.0667. The van der Waals surface area contributed by atoms with Gasteiger partial charge in [-0.3, -0.25) is 4.79 Å². The summed E-state index contributed by atoms with van der Waals surface area (Å²) in [6.07, 6.45) is -4.73. The molecule has 0 saturated heterocycles. The number of halogens is 3. The number of H-pyrrole nitrogens is 1. The van der Waals surface area contributed by atoms with Gasteiger partial charge in [0, 0.05) is 10.9 Å². The van der Waals surface area contributed by atoms with Crippen molar-refractivity contribution in [3.05, 3.63) is 58.9 Å². The van der Waals surface area contributed by atoms with E-state index in [1.807, 2.05) is 0 Å². The Labute approximate surface area is 122 Å². The van der Waals surface area contributed by atoms with Gasteiger partial charge in [-0.25, -0.2) is 5.10 Å². The Hall–Kier alpha value is -2.83. The number of aromatic amines is 1. The molecule has 0 atom stereocenters. The normalized spacial score (nSPS) is 11.6. The first kappa shape index (κ1) is 14.1. The van der Waals surface area contributed by atoms with E-state index in [4.69, 9.17) is 0 Å². The molecule has 2 aromatic carbocycles. The van der Waals surface area contributed by atoms with Gasteiger partial charge in [-0.2, -0.15) is 5.10 Å². The number of ether oxygens (including phenoxy) is 1. The molecule has 0 bridgehead atoms. The van der Waals surface area contributed by atoms with Crippen molar-refractivity contribution in [1.29, 1.82) is 0 Å². The van der Waals surface area contributed by atoms with Gasteiger partial charge in [0.25, 0.3) is 5.56 Å². The zero-order chi connectivity index (χ0) is 15.7. The van der Waals surface area contributed by atoms with Gasteiger partial charge in [-0.05, 0) is 30.3 Å². The Balaban J connectivity index is 2.05. The molecule has 22 heavy (non-hydrogen) atoms. The van der Waals surface area contributed by atoms with Crippen LogP contribution >= 0.6 is 0 Å². The Morgan fingerprint density at radius 3 is 2.23 bits per heavy atom. The van der Waals surface area contributed by atoms with Gasteiger partial charge < -0.3 is 4.74 Å². The molecule has 7 heteroatoms. The van der Waals surface area contributed by atoms with E-state index < -0.39 is 6.36 Å². The molecule has 3 rings (SSSR count). The first-order chi connectivity index (χ1) is 10.4. The molecule has 0 spiro atoms. The summed E-state index contributed by atoms with van der Waals surface area (Å²) < 4.78 is 40.3. The number of fused-ring (bicyclic) bond motifs is 1. The average molecular weight is 306 g/mol. The second-order valence-corrected chi connectivity index (χ2v) is 4.52. The van der Waals surface area contributed by atoms with Crippen molar-refractivity contribution in [2.75, 3.05) is 0 Å². The number of rotatable bonds is 2. The van der Waals surface area contributed by atoms with E-state index in [1.165, 1.54) is 24.3 Å². The third-order valence-electron chi connectivity index (χ3n) is 3.06. The van der Waals surface area contributed by atoms with Crippen LogP contribution in [0.5, 0.6) is 5.75 Å². The lowest BCUT2D eigenvalue weighted by Crippen LogP contribution is -2.17. The molecule has 3 aromatic rings. The summed E-state index contributed by atoms with van der Waals surface area (Å²) in [7, 11) is 0. The highest BCUT2D eigenvalue weighted by molar-refractivity contribution is 5.93. The van der Waals surface area contributed by atoms with Crippen LogP contribution in [0.4, 0.5) is 13.2 Å². The van der Waals surface area contributed by atoms with Crippen molar-refractivity contribution >= 4 is 10.8 Å². The minimum atomic E-state index is -4.73. The van der Waals surface area contributed by atoms with Crippen LogP contribution < -0.4 is 10.3 Å². The quantitative estimate of drug-likeness (QED) is 0.788. The number of alkyl halides is 3. The molecular weight excluding hydrogens is 297 g/mol. The van der Waals surface area contributed by atoms with Gasteiger partial charge in [0.1, 0.15) is 5.75 Å².